The SMILES string of the molecule is O=C(Oc1ccc(S(=O)(=O)O)c2ccccc12)c1c(C2CCCCC2)cc(C2CCCCC2)cc1C1CCCCC1. The fraction of sp³-hybridized carbons (Fsp3) is 0.514. The Labute approximate surface area is 244 Å². The van der Waals surface area contributed by atoms with Gasteiger partial charge < -0.3 is 4.74 Å². The van der Waals surface area contributed by atoms with Gasteiger partial charge in [-0.2, -0.15) is 8.42 Å². The van der Waals surface area contributed by atoms with Crippen molar-refractivity contribution in [2.24, 2.45) is 0 Å². The highest BCUT2D eigenvalue weighted by Crippen LogP contribution is 2.44. The molecule has 218 valence electrons. The third kappa shape index (κ3) is 6.10. The Hall–Kier alpha value is -2.70. The molecule has 0 spiro atoms. The lowest BCUT2D eigenvalue weighted by Crippen LogP contribution is -2.21. The van der Waals surface area contributed by atoms with E-state index in [1.165, 1.54) is 99.5 Å². The lowest BCUT2D eigenvalue weighted by molar-refractivity contribution is 0.0732. The summed E-state index contributed by atoms with van der Waals surface area (Å²) in [6.07, 6.45) is 18.0. The predicted octanol–water partition coefficient (Wildman–Crippen LogP) is 9.45. The third-order valence-electron chi connectivity index (χ3n) is 9.92. The van der Waals surface area contributed by atoms with E-state index < -0.39 is 10.1 Å². The molecule has 0 unspecified atom stereocenters. The van der Waals surface area contributed by atoms with E-state index in [4.69, 9.17) is 4.74 Å². The molecule has 3 aliphatic rings. The number of hydrogen-bond acceptors (Lipinski definition) is 4. The van der Waals surface area contributed by atoms with Gasteiger partial charge in [0.2, 0.25) is 0 Å². The van der Waals surface area contributed by atoms with Crippen LogP contribution in [-0.4, -0.2) is 18.9 Å². The van der Waals surface area contributed by atoms with E-state index in [9.17, 15) is 17.8 Å². The maximum absolute atomic E-state index is 14.4. The molecule has 0 radical (unpaired) electrons. The summed E-state index contributed by atoms with van der Waals surface area (Å²) in [7, 11) is -4.43. The largest absolute Gasteiger partial charge is 0.422 e. The van der Waals surface area contributed by atoms with Crippen molar-refractivity contribution in [1.82, 2.24) is 0 Å². The summed E-state index contributed by atoms with van der Waals surface area (Å²) in [6.45, 7) is 0. The molecule has 3 aromatic rings. The molecule has 3 aliphatic carbocycles. The van der Waals surface area contributed by atoms with Crippen molar-refractivity contribution in [3.63, 3.8) is 0 Å². The zero-order valence-corrected chi connectivity index (χ0v) is 24.8. The van der Waals surface area contributed by atoms with Crippen LogP contribution in [0.15, 0.2) is 53.4 Å². The number of hydrogen-bond donors (Lipinski definition) is 1. The Morgan fingerprint density at radius 1 is 0.659 bits per heavy atom. The molecule has 6 rings (SSSR count). The second-order valence-electron chi connectivity index (χ2n) is 12.6. The molecule has 3 fully saturated rings. The summed E-state index contributed by atoms with van der Waals surface area (Å²) in [6, 6.07) is 14.4. The van der Waals surface area contributed by atoms with Gasteiger partial charge in [0.05, 0.1) is 5.56 Å². The Balaban J connectivity index is 1.47. The van der Waals surface area contributed by atoms with Crippen LogP contribution in [0, 0.1) is 0 Å². The Kier molecular flexibility index (Phi) is 8.50. The molecule has 3 aromatic carbocycles. The van der Waals surface area contributed by atoms with Crippen molar-refractivity contribution in [3.05, 3.63) is 70.8 Å². The maximum atomic E-state index is 14.4. The number of rotatable bonds is 6. The third-order valence-corrected chi connectivity index (χ3v) is 10.8. The summed E-state index contributed by atoms with van der Waals surface area (Å²) >= 11 is 0. The lowest BCUT2D eigenvalue weighted by atomic mass is 9.73. The maximum Gasteiger partial charge on any atom is 0.344 e. The van der Waals surface area contributed by atoms with E-state index in [0.717, 1.165) is 31.2 Å². The zero-order valence-electron chi connectivity index (χ0n) is 23.9. The topological polar surface area (TPSA) is 80.7 Å². The first-order valence-corrected chi connectivity index (χ1v) is 17.2. The van der Waals surface area contributed by atoms with Crippen LogP contribution >= 0.6 is 0 Å². The molecule has 0 amide bonds. The number of carbonyl (C=O) groups is 1. The van der Waals surface area contributed by atoms with Gasteiger partial charge in [-0.3, -0.25) is 4.55 Å². The molecule has 1 N–H and O–H groups in total. The van der Waals surface area contributed by atoms with Crippen molar-refractivity contribution < 1.29 is 22.5 Å². The number of carbonyl (C=O) groups excluding carboxylic acids is 1. The van der Waals surface area contributed by atoms with E-state index in [1.54, 1.807) is 24.3 Å². The Morgan fingerprint density at radius 2 is 1.15 bits per heavy atom. The quantitative estimate of drug-likeness (QED) is 0.180. The highest BCUT2D eigenvalue weighted by Gasteiger charge is 2.32. The number of benzene rings is 3. The molecule has 0 aromatic heterocycles. The lowest BCUT2D eigenvalue weighted by Gasteiger charge is -2.32. The van der Waals surface area contributed by atoms with E-state index in [1.807, 2.05) is 0 Å². The first kappa shape index (κ1) is 28.4. The smallest absolute Gasteiger partial charge is 0.344 e. The van der Waals surface area contributed by atoms with Gasteiger partial charge in [-0.25, -0.2) is 4.79 Å². The second kappa shape index (κ2) is 12.3. The number of ether oxygens (including phenoxy) is 1. The molecule has 0 heterocycles. The summed E-state index contributed by atoms with van der Waals surface area (Å²) in [5, 5.41) is 0.834. The van der Waals surface area contributed by atoms with Crippen LogP contribution in [0.25, 0.3) is 10.8 Å². The van der Waals surface area contributed by atoms with Crippen LogP contribution in [0.3, 0.4) is 0 Å². The standard InChI is InChI=1S/C35H42O5S/c36-35(40-32-20-21-33(41(37,38)39)29-19-11-10-18-28(29)32)34-30(25-14-6-2-7-15-25)22-27(24-12-4-1-5-13-24)23-31(34)26-16-8-3-9-17-26/h10-11,18-26H,1-9,12-17H2,(H,37,38,39). The molecule has 0 atom stereocenters. The van der Waals surface area contributed by atoms with Crippen molar-refractivity contribution in [3.8, 4) is 5.75 Å². The van der Waals surface area contributed by atoms with Crippen LogP contribution in [0.5, 0.6) is 5.75 Å². The van der Waals surface area contributed by atoms with Gasteiger partial charge in [-0.1, -0.05) is 94.2 Å². The molecule has 6 heteroatoms. The first-order chi connectivity index (χ1) is 19.9. The van der Waals surface area contributed by atoms with Crippen molar-refractivity contribution >= 4 is 26.9 Å². The van der Waals surface area contributed by atoms with Crippen LogP contribution < -0.4 is 4.74 Å². The number of fused-ring (bicyclic) bond motifs is 1. The average Bonchev–Trinajstić information content (AvgIpc) is 3.01. The number of esters is 1. The van der Waals surface area contributed by atoms with Crippen molar-refractivity contribution in [2.45, 2.75) is 119 Å². The van der Waals surface area contributed by atoms with Gasteiger partial charge in [-0.15, -0.1) is 0 Å². The van der Waals surface area contributed by atoms with Gasteiger partial charge in [-0.05, 0) is 85.1 Å². The highest BCUT2D eigenvalue weighted by atomic mass is 32.2. The van der Waals surface area contributed by atoms with Crippen molar-refractivity contribution in [1.29, 1.82) is 0 Å². The van der Waals surface area contributed by atoms with E-state index in [2.05, 4.69) is 12.1 Å². The monoisotopic (exact) mass is 574 g/mol. The van der Waals surface area contributed by atoms with E-state index >= 15 is 0 Å². The minimum atomic E-state index is -4.43. The predicted molar refractivity (Wildman–Crippen MR) is 163 cm³/mol. The average molecular weight is 575 g/mol. The summed E-state index contributed by atoms with van der Waals surface area (Å²) in [4.78, 5) is 14.2. The van der Waals surface area contributed by atoms with Gasteiger partial charge in [0.25, 0.3) is 10.1 Å². The summed E-state index contributed by atoms with van der Waals surface area (Å²) in [5.41, 5.74) is 4.53. The van der Waals surface area contributed by atoms with Gasteiger partial charge in [0.1, 0.15) is 10.6 Å². The first-order valence-electron chi connectivity index (χ1n) is 15.8. The molecule has 0 aliphatic heterocycles. The highest BCUT2D eigenvalue weighted by molar-refractivity contribution is 7.86. The van der Waals surface area contributed by atoms with E-state index in [-0.39, 0.29) is 10.9 Å². The Bertz CT molecular complexity index is 1470. The minimum absolute atomic E-state index is 0.185. The van der Waals surface area contributed by atoms with Gasteiger partial charge >= 0.3 is 5.97 Å². The van der Waals surface area contributed by atoms with Crippen LogP contribution in [0.1, 0.15) is 141 Å². The fourth-order valence-electron chi connectivity index (χ4n) is 7.80. The molecule has 0 saturated heterocycles. The summed E-state index contributed by atoms with van der Waals surface area (Å²) < 4.78 is 40.1. The van der Waals surface area contributed by atoms with Crippen LogP contribution in [-0.2, 0) is 10.1 Å². The van der Waals surface area contributed by atoms with Gasteiger partial charge in [0, 0.05) is 10.8 Å². The molecule has 41 heavy (non-hydrogen) atoms. The van der Waals surface area contributed by atoms with Crippen LogP contribution in [0.2, 0.25) is 0 Å². The summed E-state index contributed by atoms with van der Waals surface area (Å²) in [5.74, 6) is 1.26. The minimum Gasteiger partial charge on any atom is -0.422 e. The fourth-order valence-corrected chi connectivity index (χ4v) is 8.49. The normalized spacial score (nSPS) is 19.8. The van der Waals surface area contributed by atoms with Crippen molar-refractivity contribution in [2.75, 3.05) is 0 Å². The Morgan fingerprint density at radius 3 is 1.66 bits per heavy atom. The molecule has 3 saturated carbocycles. The van der Waals surface area contributed by atoms with E-state index in [0.29, 0.717) is 34.3 Å². The zero-order chi connectivity index (χ0) is 28.4. The molecule has 5 nitrogen and oxygen atoms in total. The van der Waals surface area contributed by atoms with Gasteiger partial charge in [0.15, 0.2) is 0 Å². The van der Waals surface area contributed by atoms with Crippen LogP contribution in [0.4, 0.5) is 0 Å². The molecule has 0 bridgehead atoms. The molecular weight excluding hydrogens is 532 g/mol. The second-order valence-corrected chi connectivity index (χ2v) is 13.9. The molecular formula is C35H42O5S.